The molecule has 7 heteroatoms. The second-order valence-electron chi connectivity index (χ2n) is 4.96. The number of nitrogens with one attached hydrogen (secondary N) is 1. The van der Waals surface area contributed by atoms with Crippen molar-refractivity contribution in [2.24, 2.45) is 0 Å². The second kappa shape index (κ2) is 5.72. The maximum absolute atomic E-state index is 8.94. The first-order valence-electron chi connectivity index (χ1n) is 6.56. The first kappa shape index (κ1) is 13.9. The molecule has 6 nitrogen and oxygen atoms in total. The van der Waals surface area contributed by atoms with Gasteiger partial charge in [0.25, 0.3) is 0 Å². The molecule has 0 saturated carbocycles. The molecule has 2 atom stereocenters. The van der Waals surface area contributed by atoms with Crippen molar-refractivity contribution < 1.29 is 4.74 Å². The third-order valence-electron chi connectivity index (χ3n) is 3.82. The van der Waals surface area contributed by atoms with E-state index in [9.17, 15) is 0 Å². The van der Waals surface area contributed by atoms with Crippen molar-refractivity contribution in [3.8, 4) is 6.07 Å². The number of H-pyrrole nitrogens is 1. The number of methoxy groups -OCH3 is 1. The summed E-state index contributed by atoms with van der Waals surface area (Å²) in [5.74, 6) is 0.156. The lowest BCUT2D eigenvalue weighted by Gasteiger charge is -2.18. The Balaban J connectivity index is 1.85. The monoisotopic (exact) mass is 303 g/mol. The maximum Gasteiger partial charge on any atom is 0.101 e. The van der Waals surface area contributed by atoms with Gasteiger partial charge in [0, 0.05) is 25.9 Å². The van der Waals surface area contributed by atoms with Crippen LogP contribution in [0.25, 0.3) is 0 Å². The molecule has 0 unspecified atom stereocenters. The van der Waals surface area contributed by atoms with Gasteiger partial charge in [0.1, 0.15) is 6.07 Å². The molecule has 1 N–H and O–H groups in total. The highest BCUT2D eigenvalue weighted by Gasteiger charge is 2.35. The van der Waals surface area contributed by atoms with E-state index in [0.717, 1.165) is 24.5 Å². The maximum atomic E-state index is 8.94. The topological polar surface area (TPSA) is 77.8 Å². The summed E-state index contributed by atoms with van der Waals surface area (Å²) in [6.07, 6.45) is 1.77. The van der Waals surface area contributed by atoms with E-state index in [1.54, 1.807) is 19.4 Å². The highest BCUT2D eigenvalue weighted by atomic mass is 35.5. The van der Waals surface area contributed by atoms with E-state index in [2.05, 4.69) is 26.4 Å². The van der Waals surface area contributed by atoms with E-state index in [4.69, 9.17) is 21.6 Å². The van der Waals surface area contributed by atoms with Crippen LogP contribution in [0.4, 0.5) is 5.69 Å². The average molecular weight is 304 g/mol. The van der Waals surface area contributed by atoms with E-state index in [1.165, 1.54) is 0 Å². The molecule has 2 aromatic rings. The molecular weight excluding hydrogens is 290 g/mol. The Hall–Kier alpha value is -2.10. The molecule has 1 aliphatic heterocycles. The zero-order chi connectivity index (χ0) is 14.8. The van der Waals surface area contributed by atoms with E-state index in [-0.39, 0.29) is 12.0 Å². The van der Waals surface area contributed by atoms with Gasteiger partial charge in [-0.3, -0.25) is 0 Å². The van der Waals surface area contributed by atoms with Gasteiger partial charge in [0.05, 0.1) is 34.5 Å². The summed E-state index contributed by atoms with van der Waals surface area (Å²) in [4.78, 5) is 2.18. The smallest absolute Gasteiger partial charge is 0.101 e. The van der Waals surface area contributed by atoms with Crippen molar-refractivity contribution >= 4 is 17.3 Å². The largest absolute Gasteiger partial charge is 0.379 e. The highest BCUT2D eigenvalue weighted by molar-refractivity contribution is 6.32. The Bertz CT molecular complexity index is 666. The van der Waals surface area contributed by atoms with Gasteiger partial charge in [-0.15, -0.1) is 0 Å². The first-order chi connectivity index (χ1) is 10.2. The highest BCUT2D eigenvalue weighted by Crippen LogP contribution is 2.33. The first-order valence-corrected chi connectivity index (χ1v) is 6.93. The number of halogens is 1. The van der Waals surface area contributed by atoms with Crippen LogP contribution in [0.2, 0.25) is 5.02 Å². The average Bonchev–Trinajstić information content (AvgIpc) is 3.15. The Morgan fingerprint density at radius 1 is 1.48 bits per heavy atom. The molecule has 1 saturated heterocycles. The van der Waals surface area contributed by atoms with E-state index in [1.807, 2.05) is 12.1 Å². The summed E-state index contributed by atoms with van der Waals surface area (Å²) in [7, 11) is 1.70. The predicted molar refractivity (Wildman–Crippen MR) is 78.3 cm³/mol. The minimum absolute atomic E-state index is 0.0459. The Morgan fingerprint density at radius 3 is 2.95 bits per heavy atom. The standard InChI is InChI=1S/C14H14ClN5O/c1-21-14-8-20(7-11(14)13-6-17-19-18-13)10-3-2-9(5-16)12(15)4-10/h2-4,6,11,14H,7-8H2,1H3,(H,17,18,19)/t11-,14+/m0/s1. The minimum atomic E-state index is 0.0459. The molecule has 1 aliphatic rings. The number of benzene rings is 1. The summed E-state index contributed by atoms with van der Waals surface area (Å²) < 4.78 is 5.57. The molecule has 3 rings (SSSR count). The Kier molecular flexibility index (Phi) is 3.78. The fourth-order valence-electron chi connectivity index (χ4n) is 2.69. The summed E-state index contributed by atoms with van der Waals surface area (Å²) in [6.45, 7) is 1.52. The molecule has 0 aliphatic carbocycles. The summed E-state index contributed by atoms with van der Waals surface area (Å²) in [6, 6.07) is 7.53. The fourth-order valence-corrected chi connectivity index (χ4v) is 2.91. The van der Waals surface area contributed by atoms with Gasteiger partial charge in [-0.05, 0) is 18.2 Å². The van der Waals surface area contributed by atoms with Gasteiger partial charge in [0.2, 0.25) is 0 Å². The van der Waals surface area contributed by atoms with E-state index in [0.29, 0.717) is 10.6 Å². The number of ether oxygens (including phenoxy) is 1. The molecule has 0 radical (unpaired) electrons. The van der Waals surface area contributed by atoms with Gasteiger partial charge in [-0.1, -0.05) is 11.6 Å². The number of nitriles is 1. The van der Waals surface area contributed by atoms with Crippen LogP contribution in [0.3, 0.4) is 0 Å². The molecule has 1 aromatic heterocycles. The lowest BCUT2D eigenvalue weighted by molar-refractivity contribution is 0.106. The molecule has 0 amide bonds. The summed E-state index contributed by atoms with van der Waals surface area (Å²) >= 11 is 6.11. The van der Waals surface area contributed by atoms with Crippen LogP contribution in [-0.2, 0) is 4.74 Å². The van der Waals surface area contributed by atoms with Crippen molar-refractivity contribution in [2.45, 2.75) is 12.0 Å². The zero-order valence-corrected chi connectivity index (χ0v) is 12.2. The van der Waals surface area contributed by atoms with Crippen molar-refractivity contribution in [1.29, 1.82) is 5.26 Å². The molecule has 2 heterocycles. The van der Waals surface area contributed by atoms with Gasteiger partial charge in [-0.25, -0.2) is 0 Å². The Labute approximate surface area is 127 Å². The van der Waals surface area contributed by atoms with Crippen LogP contribution in [0, 0.1) is 11.3 Å². The van der Waals surface area contributed by atoms with Crippen LogP contribution in [0.5, 0.6) is 0 Å². The van der Waals surface area contributed by atoms with Crippen LogP contribution in [-0.4, -0.2) is 41.7 Å². The van der Waals surface area contributed by atoms with Crippen molar-refractivity contribution in [2.75, 3.05) is 25.1 Å². The molecule has 1 fully saturated rings. The molecule has 0 bridgehead atoms. The van der Waals surface area contributed by atoms with E-state index < -0.39 is 0 Å². The third-order valence-corrected chi connectivity index (χ3v) is 4.13. The quantitative estimate of drug-likeness (QED) is 0.937. The van der Waals surface area contributed by atoms with Crippen molar-refractivity contribution in [1.82, 2.24) is 15.4 Å². The molecule has 21 heavy (non-hydrogen) atoms. The third kappa shape index (κ3) is 2.58. The summed E-state index contributed by atoms with van der Waals surface area (Å²) in [5.41, 5.74) is 2.35. The minimum Gasteiger partial charge on any atom is -0.379 e. The molecular formula is C14H14ClN5O. The molecule has 108 valence electrons. The van der Waals surface area contributed by atoms with Gasteiger partial charge in [0.15, 0.2) is 0 Å². The number of rotatable bonds is 3. The number of hydrogen-bond donors (Lipinski definition) is 1. The number of nitrogens with zero attached hydrogens (tertiary/aromatic N) is 4. The van der Waals surface area contributed by atoms with Crippen molar-refractivity contribution in [3.05, 3.63) is 40.7 Å². The Morgan fingerprint density at radius 2 is 2.33 bits per heavy atom. The SMILES string of the molecule is CO[C@@H]1CN(c2ccc(C#N)c(Cl)c2)C[C@H]1c1cn[nH]n1. The summed E-state index contributed by atoms with van der Waals surface area (Å²) in [5, 5.41) is 20.1. The lowest BCUT2D eigenvalue weighted by Crippen LogP contribution is -2.22. The molecule has 1 aromatic carbocycles. The number of anilines is 1. The van der Waals surface area contributed by atoms with Crippen molar-refractivity contribution in [3.63, 3.8) is 0 Å². The zero-order valence-electron chi connectivity index (χ0n) is 11.5. The van der Waals surface area contributed by atoms with E-state index >= 15 is 0 Å². The number of aromatic nitrogens is 3. The van der Waals surface area contributed by atoms with Crippen LogP contribution in [0.1, 0.15) is 17.2 Å². The predicted octanol–water partition coefficient (Wildman–Crippen LogP) is 1.95. The van der Waals surface area contributed by atoms with Gasteiger partial charge in [-0.2, -0.15) is 20.7 Å². The molecule has 0 spiro atoms. The van der Waals surface area contributed by atoms with Gasteiger partial charge < -0.3 is 9.64 Å². The fraction of sp³-hybridized carbons (Fsp3) is 0.357. The second-order valence-corrected chi connectivity index (χ2v) is 5.36. The van der Waals surface area contributed by atoms with Crippen LogP contribution >= 0.6 is 11.6 Å². The van der Waals surface area contributed by atoms with Gasteiger partial charge >= 0.3 is 0 Å². The van der Waals surface area contributed by atoms with Crippen LogP contribution in [0.15, 0.2) is 24.4 Å². The number of aromatic amines is 1. The van der Waals surface area contributed by atoms with Crippen LogP contribution < -0.4 is 4.90 Å². The number of hydrogen-bond acceptors (Lipinski definition) is 5. The lowest BCUT2D eigenvalue weighted by atomic mass is 10.0. The normalized spacial score (nSPS) is 21.5.